The van der Waals surface area contributed by atoms with Crippen LogP contribution in [-0.4, -0.2) is 0 Å². The summed E-state index contributed by atoms with van der Waals surface area (Å²) >= 11 is 0. The quantitative estimate of drug-likeness (QED) is 0.161. The van der Waals surface area contributed by atoms with Crippen molar-refractivity contribution in [2.45, 2.75) is 36.5 Å². The molecule has 65 heavy (non-hydrogen) atoms. The number of hydrogen-bond acceptors (Lipinski definition) is 1. The molecule has 13 rings (SSSR count). The molecule has 308 valence electrons. The summed E-state index contributed by atoms with van der Waals surface area (Å²) in [6, 6.07) is 77.6. The molecule has 0 amide bonds. The van der Waals surface area contributed by atoms with Gasteiger partial charge in [-0.3, -0.25) is 0 Å². The number of rotatable bonds is 6. The maximum Gasteiger partial charge on any atom is 0.0683 e. The minimum atomic E-state index is -0.443. The smallest absolute Gasteiger partial charge is 0.0683 e. The van der Waals surface area contributed by atoms with E-state index in [4.69, 9.17) is 0 Å². The van der Waals surface area contributed by atoms with Crippen molar-refractivity contribution >= 4 is 44.2 Å². The monoisotopic (exact) mass is 829 g/mol. The van der Waals surface area contributed by atoms with Crippen LogP contribution in [0.2, 0.25) is 0 Å². The summed E-state index contributed by atoms with van der Waals surface area (Å²) in [4.78, 5) is 2.45. The molecule has 0 atom stereocenters. The number of allylic oxidation sites excluding steroid dienone is 8. The maximum absolute atomic E-state index is 2.47. The molecule has 0 saturated heterocycles. The van der Waals surface area contributed by atoms with E-state index in [-0.39, 0.29) is 0 Å². The Labute approximate surface area is 381 Å². The van der Waals surface area contributed by atoms with E-state index < -0.39 is 10.8 Å². The van der Waals surface area contributed by atoms with Gasteiger partial charge in [0.15, 0.2) is 0 Å². The Bertz CT molecular complexity index is 3350. The number of benzene rings is 9. The van der Waals surface area contributed by atoms with Crippen molar-refractivity contribution in [3.8, 4) is 11.1 Å². The van der Waals surface area contributed by atoms with Gasteiger partial charge in [0.1, 0.15) is 0 Å². The van der Waals surface area contributed by atoms with Gasteiger partial charge < -0.3 is 4.90 Å². The minimum Gasteiger partial charge on any atom is -0.309 e. The lowest BCUT2D eigenvalue weighted by atomic mass is 9.50. The topological polar surface area (TPSA) is 3.24 Å². The summed E-state index contributed by atoms with van der Waals surface area (Å²) in [7, 11) is 0. The number of anilines is 3. The fraction of sp³-hybridized carbons (Fsp3) is 0.0938. The lowest BCUT2D eigenvalue weighted by Gasteiger charge is -2.51. The first-order valence-electron chi connectivity index (χ1n) is 23.3. The van der Waals surface area contributed by atoms with E-state index in [1.807, 2.05) is 0 Å². The summed E-state index contributed by atoms with van der Waals surface area (Å²) in [5.74, 6) is 0. The van der Waals surface area contributed by atoms with E-state index in [9.17, 15) is 0 Å². The normalized spacial score (nSPS) is 19.2. The second-order valence-electron chi connectivity index (χ2n) is 18.1. The van der Waals surface area contributed by atoms with Crippen molar-refractivity contribution in [2.24, 2.45) is 0 Å². The molecule has 9 aromatic rings. The lowest BCUT2D eigenvalue weighted by Crippen LogP contribution is -2.45. The average Bonchev–Trinajstić information content (AvgIpc) is 3.68. The number of hydrogen-bond donors (Lipinski definition) is 0. The van der Waals surface area contributed by atoms with Crippen molar-refractivity contribution < 1.29 is 0 Å². The zero-order valence-electron chi connectivity index (χ0n) is 36.3. The number of nitrogens with zero attached hydrogens (tertiary/aromatic N) is 1. The van der Waals surface area contributed by atoms with Gasteiger partial charge in [0.05, 0.1) is 22.2 Å². The molecule has 0 N–H and O–H groups in total. The highest BCUT2D eigenvalue weighted by Gasteiger charge is 2.57. The third-order valence-corrected chi connectivity index (χ3v) is 15.0. The van der Waals surface area contributed by atoms with E-state index >= 15 is 0 Å². The van der Waals surface area contributed by atoms with Crippen LogP contribution < -0.4 is 4.90 Å². The van der Waals surface area contributed by atoms with Crippen LogP contribution in [0.4, 0.5) is 17.1 Å². The van der Waals surface area contributed by atoms with Crippen molar-refractivity contribution in [3.63, 3.8) is 0 Å². The van der Waals surface area contributed by atoms with Crippen LogP contribution in [0, 0.1) is 0 Å². The minimum absolute atomic E-state index is 0.425. The molecule has 0 aliphatic heterocycles. The first kappa shape index (κ1) is 37.8. The zero-order chi connectivity index (χ0) is 43.0. The molecule has 1 nitrogen and oxygen atoms in total. The standard InChI is InChI=1S/C64H47N/c1-3-24-47(25-4-1)63(48-26-5-2-6-27-48)55-33-13-15-35-57(55)64(58-36-16-14-34-56(58)63)54-32-12-11-30-53(54)62-52(31-19-37-59(62)64)46-40-42-49(43-41-46)65(60-38-17-22-44-20-7-9-28-50(44)60)61-39-18-23-45-21-8-10-29-51(45)61/h1-5,7-11,13-26,28-31,33-43H,6,12,27,32H2. The number of fused-ring (bicyclic) bond motifs is 10. The fourth-order valence-corrected chi connectivity index (χ4v) is 12.5. The second kappa shape index (κ2) is 14.9. The van der Waals surface area contributed by atoms with Gasteiger partial charge in [-0.1, -0.05) is 218 Å². The highest BCUT2D eigenvalue weighted by atomic mass is 15.1. The lowest BCUT2D eigenvalue weighted by molar-refractivity contribution is 0.578. The van der Waals surface area contributed by atoms with Crippen LogP contribution >= 0.6 is 0 Å². The highest BCUT2D eigenvalue weighted by Crippen LogP contribution is 2.66. The molecule has 4 aliphatic carbocycles. The van der Waals surface area contributed by atoms with Crippen LogP contribution in [-0.2, 0) is 10.8 Å². The summed E-state index contributed by atoms with van der Waals surface area (Å²) < 4.78 is 0. The van der Waals surface area contributed by atoms with Crippen molar-refractivity contribution in [2.75, 3.05) is 4.90 Å². The Balaban J connectivity index is 1.03. The van der Waals surface area contributed by atoms with Crippen LogP contribution in [0.1, 0.15) is 64.6 Å². The van der Waals surface area contributed by atoms with E-state index in [0.717, 1.165) is 42.7 Å². The molecule has 1 heteroatoms. The van der Waals surface area contributed by atoms with Gasteiger partial charge >= 0.3 is 0 Å². The molecule has 0 bridgehead atoms. The predicted octanol–water partition coefficient (Wildman–Crippen LogP) is 16.5. The molecule has 4 aliphatic rings. The predicted molar refractivity (Wildman–Crippen MR) is 272 cm³/mol. The molecule has 0 saturated carbocycles. The van der Waals surface area contributed by atoms with Crippen LogP contribution in [0.3, 0.4) is 0 Å². The van der Waals surface area contributed by atoms with Gasteiger partial charge in [0, 0.05) is 16.5 Å². The van der Waals surface area contributed by atoms with Crippen molar-refractivity contribution in [3.05, 3.63) is 287 Å². The van der Waals surface area contributed by atoms with Crippen LogP contribution in [0.15, 0.2) is 248 Å². The highest BCUT2D eigenvalue weighted by molar-refractivity contribution is 6.05. The fourth-order valence-electron chi connectivity index (χ4n) is 12.5. The summed E-state index contributed by atoms with van der Waals surface area (Å²) in [6.07, 6.45) is 16.0. The van der Waals surface area contributed by atoms with Gasteiger partial charge in [-0.15, -0.1) is 0 Å². The molecule has 0 unspecified atom stereocenters. The Morgan fingerprint density at radius 3 is 1.58 bits per heavy atom. The summed E-state index contributed by atoms with van der Waals surface area (Å²) in [6.45, 7) is 0. The van der Waals surface area contributed by atoms with E-state index in [1.54, 1.807) is 0 Å². The van der Waals surface area contributed by atoms with Gasteiger partial charge in [0.25, 0.3) is 0 Å². The van der Waals surface area contributed by atoms with E-state index in [1.165, 1.54) is 88.3 Å². The van der Waals surface area contributed by atoms with Crippen LogP contribution in [0.5, 0.6) is 0 Å². The first-order chi connectivity index (χ1) is 32.3. The van der Waals surface area contributed by atoms with Crippen LogP contribution in [0.25, 0.3) is 38.2 Å². The first-order valence-corrected chi connectivity index (χ1v) is 23.3. The van der Waals surface area contributed by atoms with Gasteiger partial charge in [-0.25, -0.2) is 0 Å². The van der Waals surface area contributed by atoms with E-state index in [2.05, 4.69) is 242 Å². The summed E-state index contributed by atoms with van der Waals surface area (Å²) in [5.41, 5.74) is 19.2. The third kappa shape index (κ3) is 5.39. The third-order valence-electron chi connectivity index (χ3n) is 15.0. The molecule has 9 aromatic carbocycles. The summed E-state index contributed by atoms with van der Waals surface area (Å²) in [5, 5.41) is 4.90. The van der Waals surface area contributed by atoms with Gasteiger partial charge in [-0.05, 0) is 122 Å². The van der Waals surface area contributed by atoms with Crippen molar-refractivity contribution in [1.29, 1.82) is 0 Å². The van der Waals surface area contributed by atoms with Crippen molar-refractivity contribution in [1.82, 2.24) is 0 Å². The Morgan fingerprint density at radius 1 is 0.415 bits per heavy atom. The second-order valence-corrected chi connectivity index (χ2v) is 18.1. The zero-order valence-corrected chi connectivity index (χ0v) is 36.3. The Morgan fingerprint density at radius 2 is 0.954 bits per heavy atom. The molecule has 0 radical (unpaired) electrons. The SMILES string of the molecule is C1=CCCC(C2(c3ccccc3)c3ccccc3C3(C4=C(C=CCC4)c4c(-c5ccc(N(c6cccc7ccccc67)c6cccc7ccccc67)cc5)cccc43)c3ccccc32)=C1. The Hall–Kier alpha value is -7.74. The largest absolute Gasteiger partial charge is 0.309 e. The molecule has 0 fully saturated rings. The van der Waals surface area contributed by atoms with Gasteiger partial charge in [-0.2, -0.15) is 0 Å². The molecule has 0 aromatic heterocycles. The average molecular weight is 830 g/mol. The van der Waals surface area contributed by atoms with Gasteiger partial charge in [0.2, 0.25) is 0 Å². The molecule has 1 spiro atoms. The molecular formula is C64H47N. The Kier molecular flexibility index (Phi) is 8.68. The molecule has 0 heterocycles. The molecular weight excluding hydrogens is 783 g/mol. The maximum atomic E-state index is 2.47. The van der Waals surface area contributed by atoms with E-state index in [0.29, 0.717) is 0 Å².